The predicted octanol–water partition coefficient (Wildman–Crippen LogP) is 6.01. The summed E-state index contributed by atoms with van der Waals surface area (Å²) in [5.41, 5.74) is 0.883. The molecule has 1 aliphatic heterocycles. The van der Waals surface area contributed by atoms with Crippen LogP contribution in [0.2, 0.25) is 0 Å². The van der Waals surface area contributed by atoms with Crippen molar-refractivity contribution in [2.45, 2.75) is 91.6 Å². The standard InChI is InChI=1S/C33H52FN5O6/c1-11-13-24(6)44-21-26(40)30(43-19-15-34)25-14-16-35-28(22(3)4)29(25)37(10)31(41)36-27(12-2)39-18-17-38(20-23(39)5)32(42)45-33(7,8)9/h11,13-14,16,22-23,26,30,40H,6,12,15,17-21H2,1-5,7-10H3/b13-11-,36-27+/t23-,26?,30?/m0/s1. The Morgan fingerprint density at radius 1 is 1.31 bits per heavy atom. The van der Waals surface area contributed by atoms with E-state index in [0.29, 0.717) is 54.6 Å². The molecule has 1 saturated heterocycles. The molecule has 1 aromatic rings. The predicted molar refractivity (Wildman–Crippen MR) is 174 cm³/mol. The highest BCUT2D eigenvalue weighted by molar-refractivity contribution is 6.02. The number of amidine groups is 1. The number of rotatable bonds is 12. The zero-order chi connectivity index (χ0) is 33.9. The van der Waals surface area contributed by atoms with Crippen LogP contribution >= 0.6 is 0 Å². The first-order chi connectivity index (χ1) is 21.1. The van der Waals surface area contributed by atoms with E-state index in [0.717, 1.165) is 0 Å². The third-order valence-electron chi connectivity index (χ3n) is 7.13. The number of allylic oxidation sites excluding steroid dienone is 2. The van der Waals surface area contributed by atoms with E-state index in [9.17, 15) is 19.1 Å². The summed E-state index contributed by atoms with van der Waals surface area (Å²) < 4.78 is 30.2. The molecule has 0 aliphatic carbocycles. The second-order valence-electron chi connectivity index (χ2n) is 12.3. The molecule has 1 fully saturated rings. The summed E-state index contributed by atoms with van der Waals surface area (Å²) in [5.74, 6) is 0.838. The fraction of sp³-hybridized carbons (Fsp3) is 0.636. The van der Waals surface area contributed by atoms with Crippen LogP contribution in [0.1, 0.15) is 85.1 Å². The van der Waals surface area contributed by atoms with E-state index in [4.69, 9.17) is 14.2 Å². The maximum atomic E-state index is 13.8. The molecule has 0 radical (unpaired) electrons. The lowest BCUT2D eigenvalue weighted by atomic mass is 9.97. The van der Waals surface area contributed by atoms with Crippen LogP contribution in [0.4, 0.5) is 19.7 Å². The Morgan fingerprint density at radius 2 is 2.00 bits per heavy atom. The summed E-state index contributed by atoms with van der Waals surface area (Å²) in [7, 11) is 1.60. The van der Waals surface area contributed by atoms with Gasteiger partial charge in [-0.05, 0) is 52.7 Å². The molecule has 45 heavy (non-hydrogen) atoms. The minimum Gasteiger partial charge on any atom is -0.491 e. The van der Waals surface area contributed by atoms with Gasteiger partial charge < -0.3 is 29.1 Å². The van der Waals surface area contributed by atoms with E-state index in [-0.39, 0.29) is 31.3 Å². The van der Waals surface area contributed by atoms with E-state index in [1.807, 2.05) is 60.3 Å². The second-order valence-corrected chi connectivity index (χ2v) is 12.3. The van der Waals surface area contributed by atoms with Crippen molar-refractivity contribution in [3.8, 4) is 0 Å². The van der Waals surface area contributed by atoms with Crippen molar-refractivity contribution in [3.05, 3.63) is 48.0 Å². The molecular formula is C33H52FN5O6. The fourth-order valence-corrected chi connectivity index (χ4v) is 5.06. The van der Waals surface area contributed by atoms with Crippen molar-refractivity contribution < 1.29 is 33.3 Å². The maximum absolute atomic E-state index is 13.8. The number of aromatic nitrogens is 1. The molecule has 11 nitrogen and oxygen atoms in total. The van der Waals surface area contributed by atoms with Crippen molar-refractivity contribution in [1.82, 2.24) is 14.8 Å². The highest BCUT2D eigenvalue weighted by Gasteiger charge is 2.33. The number of aliphatic hydroxyl groups excluding tert-OH is 1. The first-order valence-corrected chi connectivity index (χ1v) is 15.5. The molecule has 252 valence electrons. The Bertz CT molecular complexity index is 1210. The normalized spacial score (nSPS) is 17.4. The topological polar surface area (TPSA) is 117 Å². The molecule has 12 heteroatoms. The summed E-state index contributed by atoms with van der Waals surface area (Å²) >= 11 is 0. The lowest BCUT2D eigenvalue weighted by molar-refractivity contribution is -0.0663. The summed E-state index contributed by atoms with van der Waals surface area (Å²) in [6, 6.07) is 1.01. The highest BCUT2D eigenvalue weighted by Crippen LogP contribution is 2.36. The first-order valence-electron chi connectivity index (χ1n) is 15.5. The smallest absolute Gasteiger partial charge is 0.410 e. The van der Waals surface area contributed by atoms with E-state index in [1.54, 1.807) is 36.4 Å². The lowest BCUT2D eigenvalue weighted by Gasteiger charge is -2.41. The van der Waals surface area contributed by atoms with E-state index in [1.165, 1.54) is 4.90 Å². The monoisotopic (exact) mass is 633 g/mol. The lowest BCUT2D eigenvalue weighted by Crippen LogP contribution is -2.56. The number of anilines is 1. The second kappa shape index (κ2) is 17.3. The largest absolute Gasteiger partial charge is 0.491 e. The average Bonchev–Trinajstić information content (AvgIpc) is 2.97. The number of amides is 3. The van der Waals surface area contributed by atoms with Gasteiger partial charge in [0.05, 0.1) is 18.0 Å². The third-order valence-corrected chi connectivity index (χ3v) is 7.13. The Hall–Kier alpha value is -3.51. The molecule has 3 amide bonds. The van der Waals surface area contributed by atoms with E-state index in [2.05, 4.69) is 16.6 Å². The van der Waals surface area contributed by atoms with E-state index >= 15 is 0 Å². The van der Waals surface area contributed by atoms with Gasteiger partial charge in [0.2, 0.25) is 0 Å². The quantitative estimate of drug-likeness (QED) is 0.129. The van der Waals surface area contributed by atoms with Gasteiger partial charge in [0.25, 0.3) is 0 Å². The minimum atomic E-state index is -1.21. The third kappa shape index (κ3) is 10.8. The minimum absolute atomic E-state index is 0.101. The molecule has 2 heterocycles. The first kappa shape index (κ1) is 37.7. The van der Waals surface area contributed by atoms with Crippen molar-refractivity contribution in [2.24, 2.45) is 4.99 Å². The van der Waals surface area contributed by atoms with Crippen molar-refractivity contribution in [3.63, 3.8) is 0 Å². The number of carbonyl (C=O) groups excluding carboxylic acids is 2. The van der Waals surface area contributed by atoms with Crippen LogP contribution < -0.4 is 4.90 Å². The molecule has 1 aliphatic rings. The average molecular weight is 634 g/mol. The van der Waals surface area contributed by atoms with Gasteiger partial charge in [-0.2, -0.15) is 4.99 Å². The Morgan fingerprint density at radius 3 is 2.56 bits per heavy atom. The Kier molecular flexibility index (Phi) is 14.4. The number of nitrogens with zero attached hydrogens (tertiary/aromatic N) is 5. The summed E-state index contributed by atoms with van der Waals surface area (Å²) in [5, 5.41) is 11.2. The van der Waals surface area contributed by atoms with Crippen LogP contribution in [0.15, 0.2) is 41.7 Å². The number of hydrogen-bond acceptors (Lipinski definition) is 7. The number of carbonyl (C=O) groups is 2. The SMILES string of the molecule is C=C(/C=C\C)OCC(O)C(OCCF)c1ccnc(C(C)C)c1N(C)C(=O)/N=C(\CC)N1CCN(C(=O)OC(C)(C)C)C[C@@H]1C. The summed E-state index contributed by atoms with van der Waals surface area (Å²) in [6.07, 6.45) is 2.88. The Labute approximate surface area is 267 Å². The van der Waals surface area contributed by atoms with Crippen LogP contribution in [0.25, 0.3) is 0 Å². The van der Waals surface area contributed by atoms with Gasteiger partial charge in [0, 0.05) is 50.9 Å². The number of aliphatic hydroxyl groups is 1. The van der Waals surface area contributed by atoms with Crippen molar-refractivity contribution >= 4 is 23.6 Å². The maximum Gasteiger partial charge on any atom is 0.410 e. The summed E-state index contributed by atoms with van der Waals surface area (Å²) in [6.45, 7) is 19.1. The van der Waals surface area contributed by atoms with Crippen LogP contribution in [-0.4, -0.2) is 102 Å². The van der Waals surface area contributed by atoms with Gasteiger partial charge in [-0.15, -0.1) is 0 Å². The summed E-state index contributed by atoms with van der Waals surface area (Å²) in [4.78, 5) is 40.6. The molecule has 3 atom stereocenters. The zero-order valence-corrected chi connectivity index (χ0v) is 28.4. The molecule has 1 N–H and O–H groups in total. The van der Waals surface area contributed by atoms with Gasteiger partial charge in [-0.1, -0.05) is 33.4 Å². The van der Waals surface area contributed by atoms with Gasteiger partial charge in [0.15, 0.2) is 0 Å². The number of alkyl halides is 1. The van der Waals surface area contributed by atoms with E-state index < -0.39 is 30.5 Å². The van der Waals surface area contributed by atoms with Gasteiger partial charge >= 0.3 is 12.1 Å². The number of pyridine rings is 1. The zero-order valence-electron chi connectivity index (χ0n) is 28.4. The van der Waals surface area contributed by atoms with Gasteiger partial charge in [0.1, 0.15) is 42.7 Å². The highest BCUT2D eigenvalue weighted by atomic mass is 19.1. The fourth-order valence-electron chi connectivity index (χ4n) is 5.06. The molecule has 0 bridgehead atoms. The van der Waals surface area contributed by atoms with Crippen LogP contribution in [0.5, 0.6) is 0 Å². The van der Waals surface area contributed by atoms with Crippen molar-refractivity contribution in [2.75, 3.05) is 51.5 Å². The Balaban J connectivity index is 2.41. The molecule has 1 aromatic heterocycles. The molecule has 2 unspecified atom stereocenters. The molecule has 2 rings (SSSR count). The van der Waals surface area contributed by atoms with Gasteiger partial charge in [-0.25, -0.2) is 14.0 Å². The molecule has 0 aromatic carbocycles. The number of hydrogen-bond donors (Lipinski definition) is 1. The number of urea groups is 1. The number of halogens is 1. The van der Waals surface area contributed by atoms with Crippen LogP contribution in [-0.2, 0) is 14.2 Å². The van der Waals surface area contributed by atoms with Crippen LogP contribution in [0.3, 0.4) is 0 Å². The molecule has 0 saturated carbocycles. The molecular weight excluding hydrogens is 581 g/mol. The number of ether oxygens (including phenoxy) is 3. The van der Waals surface area contributed by atoms with Crippen molar-refractivity contribution in [1.29, 1.82) is 0 Å². The molecule has 0 spiro atoms. The van der Waals surface area contributed by atoms with Gasteiger partial charge in [-0.3, -0.25) is 9.88 Å². The number of aliphatic imine (C=N–C) groups is 1. The van der Waals surface area contributed by atoms with Crippen LogP contribution in [0, 0.1) is 0 Å². The number of piperazine rings is 1.